The van der Waals surface area contributed by atoms with Gasteiger partial charge in [-0.2, -0.15) is 5.10 Å². The number of carbonyl (C=O) groups excluding carboxylic acids is 1. The van der Waals surface area contributed by atoms with Crippen LogP contribution >= 0.6 is 0 Å². The van der Waals surface area contributed by atoms with Gasteiger partial charge in [0.15, 0.2) is 0 Å². The van der Waals surface area contributed by atoms with Crippen LogP contribution in [0.4, 0.5) is 0 Å². The number of hydrogen-bond acceptors (Lipinski definition) is 4. The third kappa shape index (κ3) is 3.79. The van der Waals surface area contributed by atoms with Crippen LogP contribution in [0, 0.1) is 0 Å². The standard InChI is InChI=1S/C19H20N2O4/c1-2-13-5-7-14(8-6-13)16-12-15(17-4-3-11-25-17)20-21(16)18(22)9-10-19(23)24/h3-8,11,16H,2,9-10,12H2,1H3,(H,23,24)/t16-/m0/s1. The summed E-state index contributed by atoms with van der Waals surface area (Å²) in [5, 5.41) is 14.7. The molecule has 0 radical (unpaired) electrons. The average molecular weight is 340 g/mol. The van der Waals surface area contributed by atoms with Crippen molar-refractivity contribution in [3.05, 3.63) is 59.5 Å². The van der Waals surface area contributed by atoms with Gasteiger partial charge < -0.3 is 9.52 Å². The van der Waals surface area contributed by atoms with Gasteiger partial charge in [0.05, 0.1) is 18.7 Å². The van der Waals surface area contributed by atoms with Crippen LogP contribution in [0.3, 0.4) is 0 Å². The Morgan fingerprint density at radius 2 is 2.00 bits per heavy atom. The number of furan rings is 1. The number of carboxylic acids is 1. The van der Waals surface area contributed by atoms with Crippen LogP contribution in [0.15, 0.2) is 52.2 Å². The highest BCUT2D eigenvalue weighted by atomic mass is 16.4. The first-order valence-electron chi connectivity index (χ1n) is 8.32. The molecule has 6 heteroatoms. The minimum atomic E-state index is -0.994. The number of hydrogen-bond donors (Lipinski definition) is 1. The molecule has 0 bridgehead atoms. The molecule has 1 aromatic carbocycles. The second-order valence-corrected chi connectivity index (χ2v) is 5.97. The van der Waals surface area contributed by atoms with Gasteiger partial charge in [-0.15, -0.1) is 0 Å². The first-order valence-corrected chi connectivity index (χ1v) is 8.32. The summed E-state index contributed by atoms with van der Waals surface area (Å²) in [6.45, 7) is 2.09. The molecule has 1 aliphatic heterocycles. The lowest BCUT2D eigenvalue weighted by Crippen LogP contribution is -2.27. The second kappa shape index (κ2) is 7.34. The summed E-state index contributed by atoms with van der Waals surface area (Å²) in [5.74, 6) is -0.663. The fourth-order valence-electron chi connectivity index (χ4n) is 2.90. The molecule has 0 saturated carbocycles. The van der Waals surface area contributed by atoms with Gasteiger partial charge in [-0.25, -0.2) is 5.01 Å². The van der Waals surface area contributed by atoms with Gasteiger partial charge in [0, 0.05) is 12.8 Å². The summed E-state index contributed by atoms with van der Waals surface area (Å²) in [6, 6.07) is 11.4. The van der Waals surface area contributed by atoms with Crippen LogP contribution in [-0.4, -0.2) is 27.7 Å². The minimum Gasteiger partial charge on any atom is -0.481 e. The van der Waals surface area contributed by atoms with E-state index in [0.29, 0.717) is 17.9 Å². The summed E-state index contributed by atoms with van der Waals surface area (Å²) in [5.41, 5.74) is 2.89. The molecule has 0 saturated heterocycles. The lowest BCUT2D eigenvalue weighted by molar-refractivity contribution is -0.141. The summed E-state index contributed by atoms with van der Waals surface area (Å²) in [4.78, 5) is 23.3. The zero-order chi connectivity index (χ0) is 17.8. The molecule has 1 aromatic heterocycles. The average Bonchev–Trinajstić information content (AvgIpc) is 3.29. The summed E-state index contributed by atoms with van der Waals surface area (Å²) in [7, 11) is 0. The van der Waals surface area contributed by atoms with Gasteiger partial charge in [0.25, 0.3) is 0 Å². The van der Waals surface area contributed by atoms with Gasteiger partial charge in [0.2, 0.25) is 5.91 Å². The molecule has 25 heavy (non-hydrogen) atoms. The van der Waals surface area contributed by atoms with Crippen LogP contribution in [0.1, 0.15) is 49.1 Å². The van der Waals surface area contributed by atoms with E-state index in [2.05, 4.69) is 12.0 Å². The van der Waals surface area contributed by atoms with Gasteiger partial charge in [-0.3, -0.25) is 9.59 Å². The molecule has 130 valence electrons. The first kappa shape index (κ1) is 17.0. The smallest absolute Gasteiger partial charge is 0.303 e. The van der Waals surface area contributed by atoms with Crippen LogP contribution < -0.4 is 0 Å². The molecule has 0 spiro atoms. The number of carbonyl (C=O) groups is 2. The number of rotatable bonds is 6. The quantitative estimate of drug-likeness (QED) is 0.874. The monoisotopic (exact) mass is 340 g/mol. The van der Waals surface area contributed by atoms with Crippen molar-refractivity contribution in [2.75, 3.05) is 0 Å². The van der Waals surface area contributed by atoms with Crippen LogP contribution in [-0.2, 0) is 16.0 Å². The van der Waals surface area contributed by atoms with Crippen LogP contribution in [0.25, 0.3) is 0 Å². The van der Waals surface area contributed by atoms with Crippen molar-refractivity contribution in [2.45, 2.75) is 38.6 Å². The Labute approximate surface area is 145 Å². The summed E-state index contributed by atoms with van der Waals surface area (Å²) < 4.78 is 5.40. The molecule has 1 amide bonds. The third-order valence-corrected chi connectivity index (χ3v) is 4.30. The van der Waals surface area contributed by atoms with Crippen molar-refractivity contribution in [1.29, 1.82) is 0 Å². The first-order chi connectivity index (χ1) is 12.1. The Bertz CT molecular complexity index is 778. The Kier molecular flexibility index (Phi) is 4.97. The topological polar surface area (TPSA) is 83.1 Å². The minimum absolute atomic E-state index is 0.0756. The summed E-state index contributed by atoms with van der Waals surface area (Å²) >= 11 is 0. The predicted molar refractivity (Wildman–Crippen MR) is 92.1 cm³/mol. The van der Waals surface area contributed by atoms with E-state index in [1.807, 2.05) is 24.3 Å². The van der Waals surface area contributed by atoms with Crippen molar-refractivity contribution in [3.8, 4) is 0 Å². The van der Waals surface area contributed by atoms with Crippen LogP contribution in [0.2, 0.25) is 0 Å². The molecule has 0 unspecified atom stereocenters. The van der Waals surface area contributed by atoms with Crippen molar-refractivity contribution in [3.63, 3.8) is 0 Å². The Morgan fingerprint density at radius 3 is 2.60 bits per heavy atom. The number of nitrogens with zero attached hydrogens (tertiary/aromatic N) is 2. The highest BCUT2D eigenvalue weighted by Gasteiger charge is 2.33. The van der Waals surface area contributed by atoms with E-state index in [0.717, 1.165) is 12.0 Å². The van der Waals surface area contributed by atoms with E-state index in [1.54, 1.807) is 18.4 Å². The Morgan fingerprint density at radius 1 is 1.24 bits per heavy atom. The maximum Gasteiger partial charge on any atom is 0.303 e. The molecular weight excluding hydrogens is 320 g/mol. The number of benzene rings is 1. The summed E-state index contributed by atoms with van der Waals surface area (Å²) in [6.07, 6.45) is 2.77. The number of hydrazone groups is 1. The molecular formula is C19H20N2O4. The Hall–Kier alpha value is -2.89. The van der Waals surface area contributed by atoms with Crippen molar-refractivity contribution in [2.24, 2.45) is 5.10 Å². The zero-order valence-corrected chi connectivity index (χ0v) is 14.0. The van der Waals surface area contributed by atoms with E-state index in [9.17, 15) is 9.59 Å². The maximum atomic E-state index is 12.5. The van der Waals surface area contributed by atoms with E-state index in [1.165, 1.54) is 10.6 Å². The second-order valence-electron chi connectivity index (χ2n) is 5.97. The highest BCUT2D eigenvalue weighted by Crippen LogP contribution is 2.33. The SMILES string of the molecule is CCc1ccc([C@@H]2CC(c3ccco3)=NN2C(=O)CCC(=O)O)cc1. The van der Waals surface area contributed by atoms with Crippen molar-refractivity contribution in [1.82, 2.24) is 5.01 Å². The highest BCUT2D eigenvalue weighted by molar-refractivity contribution is 6.01. The number of carboxylic acid groups (broad SMARTS) is 1. The fraction of sp³-hybridized carbons (Fsp3) is 0.316. The normalized spacial score (nSPS) is 16.8. The number of amides is 1. The van der Waals surface area contributed by atoms with E-state index in [-0.39, 0.29) is 24.8 Å². The van der Waals surface area contributed by atoms with E-state index < -0.39 is 5.97 Å². The molecule has 1 atom stereocenters. The third-order valence-electron chi connectivity index (χ3n) is 4.30. The number of aryl methyl sites for hydroxylation is 1. The zero-order valence-electron chi connectivity index (χ0n) is 14.0. The van der Waals surface area contributed by atoms with Crippen LogP contribution in [0.5, 0.6) is 0 Å². The molecule has 2 aromatic rings. The molecule has 1 N–H and O–H groups in total. The van der Waals surface area contributed by atoms with Gasteiger partial charge in [-0.1, -0.05) is 31.2 Å². The molecule has 3 rings (SSSR count). The van der Waals surface area contributed by atoms with Gasteiger partial charge >= 0.3 is 5.97 Å². The van der Waals surface area contributed by atoms with Gasteiger partial charge in [-0.05, 0) is 29.7 Å². The largest absolute Gasteiger partial charge is 0.481 e. The molecule has 2 heterocycles. The van der Waals surface area contributed by atoms with E-state index >= 15 is 0 Å². The lowest BCUT2D eigenvalue weighted by Gasteiger charge is -2.22. The maximum absolute atomic E-state index is 12.5. The van der Waals surface area contributed by atoms with Gasteiger partial charge in [0.1, 0.15) is 11.5 Å². The molecule has 6 nitrogen and oxygen atoms in total. The fourth-order valence-corrected chi connectivity index (χ4v) is 2.90. The Balaban J connectivity index is 1.86. The van der Waals surface area contributed by atoms with E-state index in [4.69, 9.17) is 9.52 Å². The predicted octanol–water partition coefficient (Wildman–Crippen LogP) is 3.38. The van der Waals surface area contributed by atoms with Crippen molar-refractivity contribution < 1.29 is 19.1 Å². The molecule has 0 fully saturated rings. The molecule has 1 aliphatic rings. The number of aliphatic carboxylic acids is 1. The lowest BCUT2D eigenvalue weighted by atomic mass is 9.99. The van der Waals surface area contributed by atoms with Crippen molar-refractivity contribution >= 4 is 17.6 Å². The molecule has 0 aliphatic carbocycles.